The van der Waals surface area contributed by atoms with Crippen LogP contribution in [0.25, 0.3) is 6.08 Å². The molecule has 3 rings (SSSR count). The zero-order valence-electron chi connectivity index (χ0n) is 17.3. The Morgan fingerprint density at radius 2 is 1.66 bits per heavy atom. The second kappa shape index (κ2) is 9.24. The van der Waals surface area contributed by atoms with Crippen LogP contribution in [0.3, 0.4) is 0 Å². The Balaban J connectivity index is 1.62. The summed E-state index contributed by atoms with van der Waals surface area (Å²) in [6, 6.07) is 15.8. The quantitative estimate of drug-likeness (QED) is 0.436. The van der Waals surface area contributed by atoms with Crippen molar-refractivity contribution in [3.05, 3.63) is 88.2 Å². The third-order valence-electron chi connectivity index (χ3n) is 4.82. The predicted octanol–water partition coefficient (Wildman–Crippen LogP) is 4.62. The van der Waals surface area contributed by atoms with Gasteiger partial charge in [-0.15, -0.1) is 0 Å². The van der Waals surface area contributed by atoms with Gasteiger partial charge in [0.15, 0.2) is 0 Å². The Labute approximate surface area is 171 Å². The molecule has 5 nitrogen and oxygen atoms in total. The van der Waals surface area contributed by atoms with Gasteiger partial charge in [-0.2, -0.15) is 5.10 Å². The lowest BCUT2D eigenvalue weighted by Gasteiger charge is -2.05. The SMILES string of the molecule is COc1ccc(COC(=O)/C=C/c2c(C)nn(Cc3ccc(C)cc3)c2C)cc1. The molecule has 0 bridgehead atoms. The van der Waals surface area contributed by atoms with Gasteiger partial charge < -0.3 is 9.47 Å². The predicted molar refractivity (Wildman–Crippen MR) is 114 cm³/mol. The zero-order chi connectivity index (χ0) is 20.8. The molecule has 0 fully saturated rings. The zero-order valence-corrected chi connectivity index (χ0v) is 17.3. The molecule has 0 saturated carbocycles. The fourth-order valence-electron chi connectivity index (χ4n) is 3.05. The second-order valence-electron chi connectivity index (χ2n) is 7.02. The van der Waals surface area contributed by atoms with Crippen molar-refractivity contribution < 1.29 is 14.3 Å². The number of esters is 1. The van der Waals surface area contributed by atoms with Crippen LogP contribution in [0.4, 0.5) is 0 Å². The van der Waals surface area contributed by atoms with Gasteiger partial charge in [-0.05, 0) is 50.1 Å². The molecular weight excluding hydrogens is 364 g/mol. The van der Waals surface area contributed by atoms with Crippen molar-refractivity contribution in [2.24, 2.45) is 0 Å². The summed E-state index contributed by atoms with van der Waals surface area (Å²) in [5.41, 5.74) is 6.18. The maximum atomic E-state index is 12.1. The molecule has 1 aromatic heterocycles. The first-order valence-corrected chi connectivity index (χ1v) is 9.53. The molecule has 0 radical (unpaired) electrons. The highest BCUT2D eigenvalue weighted by molar-refractivity contribution is 5.87. The Bertz CT molecular complexity index is 1000. The summed E-state index contributed by atoms with van der Waals surface area (Å²) < 4.78 is 12.4. The van der Waals surface area contributed by atoms with Crippen molar-refractivity contribution in [2.45, 2.75) is 33.9 Å². The molecule has 29 heavy (non-hydrogen) atoms. The van der Waals surface area contributed by atoms with E-state index in [1.165, 1.54) is 17.2 Å². The molecule has 3 aromatic rings. The first-order chi connectivity index (χ1) is 14.0. The highest BCUT2D eigenvalue weighted by atomic mass is 16.5. The van der Waals surface area contributed by atoms with Crippen LogP contribution in [0.5, 0.6) is 5.75 Å². The van der Waals surface area contributed by atoms with Crippen molar-refractivity contribution in [1.82, 2.24) is 9.78 Å². The van der Waals surface area contributed by atoms with Crippen LogP contribution in [0.2, 0.25) is 0 Å². The van der Waals surface area contributed by atoms with Crippen molar-refractivity contribution in [3.63, 3.8) is 0 Å². The number of carbonyl (C=O) groups is 1. The molecular formula is C24H26N2O3. The van der Waals surface area contributed by atoms with Crippen molar-refractivity contribution in [1.29, 1.82) is 0 Å². The summed E-state index contributed by atoms with van der Waals surface area (Å²) in [5.74, 6) is 0.388. The fourth-order valence-corrected chi connectivity index (χ4v) is 3.05. The second-order valence-corrected chi connectivity index (χ2v) is 7.02. The first kappa shape index (κ1) is 20.4. The van der Waals surface area contributed by atoms with Crippen LogP contribution in [0.15, 0.2) is 54.6 Å². The average molecular weight is 390 g/mol. The van der Waals surface area contributed by atoms with Gasteiger partial charge in [0.2, 0.25) is 0 Å². The van der Waals surface area contributed by atoms with Crippen molar-refractivity contribution in [3.8, 4) is 5.75 Å². The van der Waals surface area contributed by atoms with Crippen molar-refractivity contribution >= 4 is 12.0 Å². The average Bonchev–Trinajstić information content (AvgIpc) is 2.99. The van der Waals surface area contributed by atoms with Gasteiger partial charge in [0.25, 0.3) is 0 Å². The number of benzene rings is 2. The molecule has 150 valence electrons. The molecule has 1 heterocycles. The van der Waals surface area contributed by atoms with Gasteiger partial charge in [0.05, 0.1) is 19.3 Å². The molecule has 0 atom stereocenters. The Hall–Kier alpha value is -3.34. The molecule has 0 aliphatic rings. The maximum Gasteiger partial charge on any atom is 0.331 e. The third kappa shape index (κ3) is 5.35. The molecule has 0 amide bonds. The van der Waals surface area contributed by atoms with E-state index in [0.717, 1.165) is 28.3 Å². The summed E-state index contributed by atoms with van der Waals surface area (Å²) in [5, 5.41) is 4.62. The number of hydrogen-bond donors (Lipinski definition) is 0. The Kier molecular flexibility index (Phi) is 6.50. The van der Waals surface area contributed by atoms with Crippen LogP contribution in [-0.4, -0.2) is 22.9 Å². The number of carbonyl (C=O) groups excluding carboxylic acids is 1. The molecule has 0 N–H and O–H groups in total. The lowest BCUT2D eigenvalue weighted by molar-refractivity contribution is -0.138. The number of ether oxygens (including phenoxy) is 2. The van der Waals surface area contributed by atoms with Crippen molar-refractivity contribution in [2.75, 3.05) is 7.11 Å². The Morgan fingerprint density at radius 1 is 1.00 bits per heavy atom. The first-order valence-electron chi connectivity index (χ1n) is 9.53. The van der Waals surface area contributed by atoms with E-state index in [1.54, 1.807) is 13.2 Å². The summed E-state index contributed by atoms with van der Waals surface area (Å²) >= 11 is 0. The normalized spacial score (nSPS) is 11.0. The lowest BCUT2D eigenvalue weighted by atomic mass is 10.1. The van der Waals surface area contributed by atoms with Gasteiger partial charge in [0.1, 0.15) is 12.4 Å². The number of rotatable bonds is 7. The number of aromatic nitrogens is 2. The lowest BCUT2D eigenvalue weighted by Crippen LogP contribution is -2.04. The largest absolute Gasteiger partial charge is 0.497 e. The standard InChI is InChI=1S/C24H26N2O3/c1-17-5-7-20(8-6-17)15-26-19(3)23(18(2)25-26)13-14-24(27)29-16-21-9-11-22(28-4)12-10-21/h5-14H,15-16H2,1-4H3/b14-13+. The molecule has 2 aromatic carbocycles. The van der Waals surface area contributed by atoms with Crippen LogP contribution in [0, 0.1) is 20.8 Å². The molecule has 0 saturated heterocycles. The summed E-state index contributed by atoms with van der Waals surface area (Å²) in [6.45, 7) is 6.95. The van der Waals surface area contributed by atoms with E-state index in [1.807, 2.05) is 42.8 Å². The van der Waals surface area contributed by atoms with Gasteiger partial charge >= 0.3 is 5.97 Å². The molecule has 0 aliphatic heterocycles. The van der Waals surface area contributed by atoms with Crippen LogP contribution >= 0.6 is 0 Å². The summed E-state index contributed by atoms with van der Waals surface area (Å²) in [7, 11) is 1.62. The molecule has 0 aliphatic carbocycles. The minimum Gasteiger partial charge on any atom is -0.497 e. The smallest absolute Gasteiger partial charge is 0.331 e. The van der Waals surface area contributed by atoms with Gasteiger partial charge in [-0.3, -0.25) is 4.68 Å². The van der Waals surface area contributed by atoms with Crippen LogP contribution < -0.4 is 4.74 Å². The number of nitrogens with zero attached hydrogens (tertiary/aromatic N) is 2. The Morgan fingerprint density at radius 3 is 2.31 bits per heavy atom. The minimum absolute atomic E-state index is 0.220. The van der Waals surface area contributed by atoms with E-state index in [0.29, 0.717) is 6.54 Å². The van der Waals surface area contributed by atoms with Gasteiger partial charge in [-0.25, -0.2) is 4.79 Å². The monoisotopic (exact) mass is 390 g/mol. The molecule has 0 spiro atoms. The number of hydrogen-bond acceptors (Lipinski definition) is 4. The third-order valence-corrected chi connectivity index (χ3v) is 4.82. The van der Waals surface area contributed by atoms with E-state index in [2.05, 4.69) is 36.3 Å². The summed E-state index contributed by atoms with van der Waals surface area (Å²) in [6.07, 6.45) is 3.23. The van der Waals surface area contributed by atoms with E-state index < -0.39 is 0 Å². The van der Waals surface area contributed by atoms with E-state index in [9.17, 15) is 4.79 Å². The summed E-state index contributed by atoms with van der Waals surface area (Å²) in [4.78, 5) is 12.1. The highest BCUT2D eigenvalue weighted by Gasteiger charge is 2.10. The van der Waals surface area contributed by atoms with E-state index in [4.69, 9.17) is 9.47 Å². The molecule has 0 unspecified atom stereocenters. The van der Waals surface area contributed by atoms with E-state index in [-0.39, 0.29) is 12.6 Å². The van der Waals surface area contributed by atoms with Gasteiger partial charge in [0, 0.05) is 17.3 Å². The topological polar surface area (TPSA) is 53.4 Å². The highest BCUT2D eigenvalue weighted by Crippen LogP contribution is 2.17. The molecule has 5 heteroatoms. The fraction of sp³-hybridized carbons (Fsp3) is 0.250. The van der Waals surface area contributed by atoms with E-state index >= 15 is 0 Å². The minimum atomic E-state index is -0.383. The van der Waals surface area contributed by atoms with Crippen LogP contribution in [0.1, 0.15) is 33.6 Å². The van der Waals surface area contributed by atoms with Gasteiger partial charge in [-0.1, -0.05) is 42.0 Å². The maximum absolute atomic E-state index is 12.1. The number of aryl methyl sites for hydroxylation is 2. The number of methoxy groups -OCH3 is 1. The van der Waals surface area contributed by atoms with Crippen LogP contribution in [-0.2, 0) is 22.7 Å².